The zero-order chi connectivity index (χ0) is 14.6. The third kappa shape index (κ3) is 1.54. The number of hydrogen-bond donors (Lipinski definition) is 1. The van der Waals surface area contributed by atoms with Gasteiger partial charge in [-0.25, -0.2) is 0 Å². The molecular weight excluding hydrogens is 271 g/mol. The van der Waals surface area contributed by atoms with Crippen LogP contribution in [-0.4, -0.2) is 10.9 Å². The van der Waals surface area contributed by atoms with E-state index in [1.807, 2.05) is 18.2 Å². The molecule has 0 bridgehead atoms. The predicted octanol–water partition coefficient (Wildman–Crippen LogP) is 2.96. The summed E-state index contributed by atoms with van der Waals surface area (Å²) in [6, 6.07) is 13.4. The molecule has 102 valence electrons. The number of benzene rings is 2. The summed E-state index contributed by atoms with van der Waals surface area (Å²) < 4.78 is 14.0. The molecule has 2 heterocycles. The Labute approximate surface area is 118 Å². The van der Waals surface area contributed by atoms with Gasteiger partial charge in [-0.3, -0.25) is 19.5 Å². The molecule has 1 aromatic heterocycles. The lowest BCUT2D eigenvalue weighted by molar-refractivity contribution is 0.100. The molecule has 1 aliphatic rings. The van der Waals surface area contributed by atoms with Crippen LogP contribution in [0.5, 0.6) is 0 Å². The summed E-state index contributed by atoms with van der Waals surface area (Å²) in [5.74, 6) is -1.12. The molecule has 1 amide bonds. The van der Waals surface area contributed by atoms with Gasteiger partial charge in [-0.15, -0.1) is 0 Å². The number of halogens is 1. The predicted molar refractivity (Wildman–Crippen MR) is 77.4 cm³/mol. The Morgan fingerprint density at radius 3 is 2.43 bits per heavy atom. The Hall–Kier alpha value is -2.95. The molecular formula is C16H9FN2O2. The minimum absolute atomic E-state index is 0.0447. The van der Waals surface area contributed by atoms with Crippen molar-refractivity contribution in [2.45, 2.75) is 0 Å². The highest BCUT2D eigenvalue weighted by atomic mass is 19.1. The highest BCUT2D eigenvalue weighted by molar-refractivity contribution is 6.27. The van der Waals surface area contributed by atoms with E-state index in [-0.39, 0.29) is 11.6 Å². The molecule has 5 heteroatoms. The van der Waals surface area contributed by atoms with Gasteiger partial charge in [-0.05, 0) is 23.6 Å². The third-order valence-electron chi connectivity index (χ3n) is 3.65. The van der Waals surface area contributed by atoms with Gasteiger partial charge in [0.25, 0.3) is 5.91 Å². The molecule has 0 radical (unpaired) electrons. The minimum Gasteiger partial charge on any atom is -0.297 e. The van der Waals surface area contributed by atoms with Crippen molar-refractivity contribution < 1.29 is 9.18 Å². The molecule has 2 aromatic carbocycles. The van der Waals surface area contributed by atoms with Crippen LogP contribution >= 0.6 is 0 Å². The maximum atomic E-state index is 14.0. The van der Waals surface area contributed by atoms with E-state index in [9.17, 15) is 14.0 Å². The van der Waals surface area contributed by atoms with Crippen LogP contribution in [0.25, 0.3) is 10.8 Å². The fraction of sp³-hybridized carbons (Fsp3) is 0. The summed E-state index contributed by atoms with van der Waals surface area (Å²) in [5.41, 5.74) is 0.662. The van der Waals surface area contributed by atoms with Crippen molar-refractivity contribution in [1.82, 2.24) is 4.98 Å². The highest BCUT2D eigenvalue weighted by Crippen LogP contribution is 2.41. The van der Waals surface area contributed by atoms with Gasteiger partial charge in [0.1, 0.15) is 5.69 Å². The van der Waals surface area contributed by atoms with E-state index in [0.717, 1.165) is 10.8 Å². The Morgan fingerprint density at radius 2 is 1.67 bits per heavy atom. The van der Waals surface area contributed by atoms with Crippen molar-refractivity contribution in [1.29, 1.82) is 0 Å². The normalized spacial score (nSPS) is 13.2. The van der Waals surface area contributed by atoms with Gasteiger partial charge in [-0.1, -0.05) is 24.3 Å². The Kier molecular flexibility index (Phi) is 2.27. The van der Waals surface area contributed by atoms with Crippen LogP contribution in [0.2, 0.25) is 0 Å². The maximum absolute atomic E-state index is 14.0. The summed E-state index contributed by atoms with van der Waals surface area (Å²) in [6.07, 6.45) is 0. The molecule has 1 N–H and O–H groups in total. The molecule has 1 aliphatic heterocycles. The first-order valence-corrected chi connectivity index (χ1v) is 6.42. The third-order valence-corrected chi connectivity index (χ3v) is 3.65. The number of anilines is 2. The van der Waals surface area contributed by atoms with E-state index in [1.54, 1.807) is 18.2 Å². The monoisotopic (exact) mass is 280 g/mol. The number of carbonyl (C=O) groups is 1. The Balaban J connectivity index is 2.03. The second-order valence-corrected chi connectivity index (χ2v) is 4.84. The van der Waals surface area contributed by atoms with Crippen molar-refractivity contribution in [3.05, 3.63) is 70.4 Å². The van der Waals surface area contributed by atoms with Crippen molar-refractivity contribution in [3.63, 3.8) is 0 Å². The first-order chi connectivity index (χ1) is 10.2. The SMILES string of the molecule is O=C1c2cccc3cccc(c23)N1c1ccc(=O)[nH]c1F. The molecule has 0 atom stereocenters. The van der Waals surface area contributed by atoms with Crippen LogP contribution in [-0.2, 0) is 0 Å². The van der Waals surface area contributed by atoms with Crippen LogP contribution in [0.3, 0.4) is 0 Å². The van der Waals surface area contributed by atoms with Gasteiger partial charge in [0, 0.05) is 11.5 Å². The van der Waals surface area contributed by atoms with E-state index in [1.165, 1.54) is 17.0 Å². The number of aromatic nitrogens is 1. The molecule has 4 nitrogen and oxygen atoms in total. The number of carbonyl (C=O) groups excluding carboxylic acids is 1. The van der Waals surface area contributed by atoms with Crippen LogP contribution < -0.4 is 10.5 Å². The first-order valence-electron chi connectivity index (χ1n) is 6.42. The lowest BCUT2D eigenvalue weighted by Gasteiger charge is -2.17. The summed E-state index contributed by atoms with van der Waals surface area (Å²) in [6.45, 7) is 0. The van der Waals surface area contributed by atoms with Crippen molar-refractivity contribution >= 4 is 28.1 Å². The molecule has 4 rings (SSSR count). The largest absolute Gasteiger partial charge is 0.297 e. The summed E-state index contributed by atoms with van der Waals surface area (Å²) in [5, 5.41) is 1.72. The number of H-pyrrole nitrogens is 1. The van der Waals surface area contributed by atoms with E-state index in [2.05, 4.69) is 4.98 Å². The standard InChI is InChI=1S/C16H9FN2O2/c17-15-12(7-8-13(20)18-15)19-11-6-2-4-9-3-1-5-10(14(9)11)16(19)21/h1-8H,(H,18,20). The average molecular weight is 280 g/mol. The van der Waals surface area contributed by atoms with E-state index < -0.39 is 11.5 Å². The second-order valence-electron chi connectivity index (χ2n) is 4.84. The molecule has 0 saturated carbocycles. The summed E-state index contributed by atoms with van der Waals surface area (Å²) >= 11 is 0. The number of amides is 1. The van der Waals surface area contributed by atoms with Crippen molar-refractivity contribution in [2.75, 3.05) is 4.90 Å². The maximum Gasteiger partial charge on any atom is 0.263 e. The summed E-state index contributed by atoms with van der Waals surface area (Å²) in [4.78, 5) is 27.1. The van der Waals surface area contributed by atoms with Gasteiger partial charge in [-0.2, -0.15) is 4.39 Å². The van der Waals surface area contributed by atoms with Gasteiger partial charge < -0.3 is 0 Å². The van der Waals surface area contributed by atoms with Gasteiger partial charge >= 0.3 is 0 Å². The number of rotatable bonds is 1. The molecule has 0 unspecified atom stereocenters. The highest BCUT2D eigenvalue weighted by Gasteiger charge is 2.32. The van der Waals surface area contributed by atoms with Crippen LogP contribution in [0.15, 0.2) is 53.3 Å². The van der Waals surface area contributed by atoms with Gasteiger partial charge in [0.15, 0.2) is 0 Å². The number of pyridine rings is 1. The van der Waals surface area contributed by atoms with Gasteiger partial charge in [0.2, 0.25) is 11.5 Å². The number of aromatic amines is 1. The molecule has 0 spiro atoms. The van der Waals surface area contributed by atoms with E-state index >= 15 is 0 Å². The van der Waals surface area contributed by atoms with Crippen LogP contribution in [0.1, 0.15) is 10.4 Å². The quantitative estimate of drug-likeness (QED) is 0.697. The fourth-order valence-corrected chi connectivity index (χ4v) is 2.77. The Morgan fingerprint density at radius 1 is 0.905 bits per heavy atom. The zero-order valence-electron chi connectivity index (χ0n) is 10.8. The fourth-order valence-electron chi connectivity index (χ4n) is 2.77. The molecule has 3 aromatic rings. The number of nitrogens with one attached hydrogen (secondary N) is 1. The molecule has 21 heavy (non-hydrogen) atoms. The van der Waals surface area contributed by atoms with Crippen LogP contribution in [0, 0.1) is 5.95 Å². The lowest BCUT2D eigenvalue weighted by Crippen LogP contribution is -2.23. The molecule has 0 saturated heterocycles. The average Bonchev–Trinajstić information content (AvgIpc) is 2.75. The number of hydrogen-bond acceptors (Lipinski definition) is 2. The molecule has 0 fully saturated rings. The van der Waals surface area contributed by atoms with Gasteiger partial charge in [0.05, 0.1) is 11.3 Å². The Bertz CT molecular complexity index is 957. The lowest BCUT2D eigenvalue weighted by atomic mass is 10.1. The minimum atomic E-state index is -0.819. The van der Waals surface area contributed by atoms with Crippen LogP contribution in [0.4, 0.5) is 15.8 Å². The number of nitrogens with zero attached hydrogens (tertiary/aromatic N) is 1. The second kappa shape index (κ2) is 4.02. The topological polar surface area (TPSA) is 53.2 Å². The van der Waals surface area contributed by atoms with Crippen molar-refractivity contribution in [3.8, 4) is 0 Å². The van der Waals surface area contributed by atoms with E-state index in [0.29, 0.717) is 11.3 Å². The summed E-state index contributed by atoms with van der Waals surface area (Å²) in [7, 11) is 0. The first kappa shape index (κ1) is 11.8. The smallest absolute Gasteiger partial charge is 0.263 e. The van der Waals surface area contributed by atoms with Crippen molar-refractivity contribution in [2.24, 2.45) is 0 Å². The molecule has 0 aliphatic carbocycles. The zero-order valence-corrected chi connectivity index (χ0v) is 10.8. The van der Waals surface area contributed by atoms with E-state index in [4.69, 9.17) is 0 Å².